The highest BCUT2D eigenvalue weighted by Crippen LogP contribution is 2.25. The maximum absolute atomic E-state index is 4.48. The summed E-state index contributed by atoms with van der Waals surface area (Å²) in [4.78, 5) is 0. The highest BCUT2D eigenvalue weighted by Gasteiger charge is 2.12. The van der Waals surface area contributed by atoms with Gasteiger partial charge in [0.1, 0.15) is 0 Å². The van der Waals surface area contributed by atoms with Crippen LogP contribution in [0, 0.1) is 0 Å². The summed E-state index contributed by atoms with van der Waals surface area (Å²) in [6.07, 6.45) is 2.58. The third kappa shape index (κ3) is 13.8. The normalized spacial score (nSPS) is 14.5. The average Bonchev–Trinajstić information content (AvgIpc) is 2.44. The van der Waals surface area contributed by atoms with E-state index in [9.17, 15) is 0 Å². The fraction of sp³-hybridized carbons (Fsp3) is 1.00. The Morgan fingerprint density at radius 3 is 2.00 bits per heavy atom. The summed E-state index contributed by atoms with van der Waals surface area (Å²) >= 11 is 23.5. The zero-order chi connectivity index (χ0) is 14.3. The lowest BCUT2D eigenvalue weighted by Crippen LogP contribution is -2.15. The van der Waals surface area contributed by atoms with Crippen LogP contribution in [0.15, 0.2) is 0 Å². The summed E-state index contributed by atoms with van der Waals surface area (Å²) < 4.78 is 0. The molecule has 0 aliphatic heterocycles. The molecule has 0 radical (unpaired) electrons. The average molecular weight is 395 g/mol. The van der Waals surface area contributed by atoms with Gasteiger partial charge in [-0.1, -0.05) is 0 Å². The van der Waals surface area contributed by atoms with Crippen LogP contribution in [0.1, 0.15) is 12.8 Å². The molecule has 116 valence electrons. The molecule has 0 fully saturated rings. The molecule has 0 saturated heterocycles. The largest absolute Gasteiger partial charge is 0.179 e. The van der Waals surface area contributed by atoms with Crippen LogP contribution in [0.5, 0.6) is 0 Å². The fourth-order valence-corrected chi connectivity index (χ4v) is 6.16. The Hall–Kier alpha value is 2.45. The van der Waals surface area contributed by atoms with Crippen molar-refractivity contribution in [1.29, 1.82) is 0 Å². The second-order valence-electron chi connectivity index (χ2n) is 4.02. The van der Waals surface area contributed by atoms with E-state index in [0.29, 0.717) is 10.5 Å². The third-order valence-corrected chi connectivity index (χ3v) is 8.84. The third-order valence-electron chi connectivity index (χ3n) is 2.42. The number of thioether (sulfide) groups is 3. The van der Waals surface area contributed by atoms with Crippen molar-refractivity contribution in [3.8, 4) is 0 Å². The second-order valence-corrected chi connectivity index (χ2v) is 9.61. The second kappa shape index (κ2) is 16.8. The monoisotopic (exact) mass is 394 g/mol. The molecular formula is C12H26S7. The molecule has 7 heteroatoms. The van der Waals surface area contributed by atoms with Crippen LogP contribution < -0.4 is 0 Å². The molecule has 0 aliphatic rings. The predicted octanol–water partition coefficient (Wildman–Crippen LogP) is 4.42. The van der Waals surface area contributed by atoms with Crippen LogP contribution in [0.3, 0.4) is 0 Å². The van der Waals surface area contributed by atoms with Crippen molar-refractivity contribution in [2.45, 2.75) is 23.3 Å². The van der Waals surface area contributed by atoms with Crippen molar-refractivity contribution in [1.82, 2.24) is 0 Å². The van der Waals surface area contributed by atoms with Gasteiger partial charge in [0.2, 0.25) is 0 Å². The van der Waals surface area contributed by atoms with Crippen LogP contribution in [0.25, 0.3) is 0 Å². The molecule has 0 nitrogen and oxygen atoms in total. The van der Waals surface area contributed by atoms with E-state index in [1.54, 1.807) is 0 Å². The molecule has 0 aromatic rings. The number of rotatable bonds is 14. The Morgan fingerprint density at radius 1 is 0.737 bits per heavy atom. The van der Waals surface area contributed by atoms with Gasteiger partial charge in [0.25, 0.3) is 0 Å². The van der Waals surface area contributed by atoms with E-state index in [0.717, 1.165) is 28.8 Å². The van der Waals surface area contributed by atoms with E-state index < -0.39 is 0 Å². The summed E-state index contributed by atoms with van der Waals surface area (Å²) in [6, 6.07) is 0. The first-order chi connectivity index (χ1) is 9.28. The highest BCUT2D eigenvalue weighted by atomic mass is 32.2. The van der Waals surface area contributed by atoms with Gasteiger partial charge in [-0.15, -0.1) is 0 Å². The first kappa shape index (κ1) is 21.4. The van der Waals surface area contributed by atoms with E-state index >= 15 is 0 Å². The van der Waals surface area contributed by atoms with Gasteiger partial charge in [-0.05, 0) is 30.1 Å². The number of hydrogen-bond acceptors (Lipinski definition) is 7. The zero-order valence-electron chi connectivity index (χ0n) is 11.2. The smallest absolute Gasteiger partial charge is 0.0226 e. The van der Waals surface area contributed by atoms with E-state index in [1.165, 1.54) is 30.1 Å². The molecule has 0 heterocycles. The lowest BCUT2D eigenvalue weighted by Gasteiger charge is -2.18. The van der Waals surface area contributed by atoms with Gasteiger partial charge in [-0.3, -0.25) is 0 Å². The van der Waals surface area contributed by atoms with Crippen LogP contribution in [0.4, 0.5) is 0 Å². The van der Waals surface area contributed by atoms with Crippen LogP contribution in [0.2, 0.25) is 0 Å². The Kier molecular flexibility index (Phi) is 19.0. The van der Waals surface area contributed by atoms with Gasteiger partial charge < -0.3 is 0 Å². The van der Waals surface area contributed by atoms with Gasteiger partial charge in [-0.25, -0.2) is 0 Å². The van der Waals surface area contributed by atoms with E-state index in [1.807, 2.05) is 23.5 Å². The molecule has 0 saturated carbocycles. The van der Waals surface area contributed by atoms with Crippen LogP contribution in [-0.2, 0) is 0 Å². The minimum Gasteiger partial charge on any atom is -0.179 e. The van der Waals surface area contributed by atoms with E-state index in [2.05, 4.69) is 62.3 Å². The molecule has 2 atom stereocenters. The van der Waals surface area contributed by atoms with Crippen LogP contribution >= 0.6 is 85.8 Å². The standard InChI is InChI=1S/C12H26S7/c13-3-6-17-5-1-2-11(8-15)19-10-12(9-16)18-7-4-14/h11-16H,1-10H2. The van der Waals surface area contributed by atoms with E-state index in [-0.39, 0.29) is 0 Å². The summed E-state index contributed by atoms with van der Waals surface area (Å²) in [5, 5.41) is 1.35. The van der Waals surface area contributed by atoms with Gasteiger partial charge in [0.05, 0.1) is 0 Å². The van der Waals surface area contributed by atoms with E-state index in [4.69, 9.17) is 0 Å². The molecule has 0 aliphatic carbocycles. The summed E-state index contributed by atoms with van der Waals surface area (Å²) in [5.74, 6) is 8.64. The van der Waals surface area contributed by atoms with Crippen molar-refractivity contribution in [3.63, 3.8) is 0 Å². The summed E-state index contributed by atoms with van der Waals surface area (Å²) in [7, 11) is 0. The van der Waals surface area contributed by atoms with Gasteiger partial charge >= 0.3 is 0 Å². The van der Waals surface area contributed by atoms with Crippen molar-refractivity contribution in [2.24, 2.45) is 0 Å². The Morgan fingerprint density at radius 2 is 1.42 bits per heavy atom. The first-order valence-electron chi connectivity index (χ1n) is 6.52. The Labute approximate surface area is 154 Å². The molecule has 0 amide bonds. The molecule has 19 heavy (non-hydrogen) atoms. The lowest BCUT2D eigenvalue weighted by atomic mass is 10.3. The van der Waals surface area contributed by atoms with Gasteiger partial charge in [0.15, 0.2) is 0 Å². The fourth-order valence-electron chi connectivity index (χ4n) is 1.42. The van der Waals surface area contributed by atoms with Crippen molar-refractivity contribution < 1.29 is 0 Å². The van der Waals surface area contributed by atoms with Crippen molar-refractivity contribution in [3.05, 3.63) is 0 Å². The Bertz CT molecular complexity index is 179. The topological polar surface area (TPSA) is 0 Å². The Balaban J connectivity index is 3.66. The molecule has 0 N–H and O–H groups in total. The van der Waals surface area contributed by atoms with Crippen LogP contribution in [-0.4, -0.2) is 56.5 Å². The lowest BCUT2D eigenvalue weighted by molar-refractivity contribution is 0.801. The molecule has 0 spiro atoms. The molecule has 0 aromatic heterocycles. The van der Waals surface area contributed by atoms with Crippen molar-refractivity contribution >= 4 is 85.8 Å². The minimum atomic E-state index is 0.654. The molecule has 0 aromatic carbocycles. The number of hydrogen-bond donors (Lipinski definition) is 4. The maximum atomic E-state index is 4.48. The molecule has 2 unspecified atom stereocenters. The number of thiol groups is 4. The quantitative estimate of drug-likeness (QED) is 0.254. The molecule has 0 rings (SSSR count). The summed E-state index contributed by atoms with van der Waals surface area (Å²) in [5.41, 5.74) is 0. The predicted molar refractivity (Wildman–Crippen MR) is 114 cm³/mol. The molecular weight excluding hydrogens is 369 g/mol. The van der Waals surface area contributed by atoms with Crippen molar-refractivity contribution in [2.75, 3.05) is 46.0 Å². The van der Waals surface area contributed by atoms with Gasteiger partial charge in [0, 0.05) is 39.3 Å². The maximum Gasteiger partial charge on any atom is 0.0226 e. The summed E-state index contributed by atoms with van der Waals surface area (Å²) in [6.45, 7) is 0. The first-order valence-corrected chi connectivity index (χ1v) is 12.3. The molecule has 0 bridgehead atoms. The SMILES string of the molecule is SCCSCCCC(CS)SCC(CS)SCCS. The zero-order valence-corrected chi connectivity index (χ0v) is 17.3. The minimum absolute atomic E-state index is 0.654. The highest BCUT2D eigenvalue weighted by molar-refractivity contribution is 8.04. The van der Waals surface area contributed by atoms with Gasteiger partial charge in [-0.2, -0.15) is 85.8 Å².